The normalized spacial score (nSPS) is 26.9. The molecule has 0 saturated carbocycles. The van der Waals surface area contributed by atoms with E-state index in [2.05, 4.69) is 72.6 Å². The fourth-order valence-corrected chi connectivity index (χ4v) is 4.17. The Morgan fingerprint density at radius 1 is 0.821 bits per heavy atom. The Morgan fingerprint density at radius 3 is 1.96 bits per heavy atom. The van der Waals surface area contributed by atoms with Crippen molar-refractivity contribution in [3.8, 4) is 11.8 Å². The molecule has 1 aliphatic rings. The van der Waals surface area contributed by atoms with Crippen LogP contribution in [0.25, 0.3) is 0 Å². The summed E-state index contributed by atoms with van der Waals surface area (Å²) in [5.41, 5.74) is 2.35. The molecule has 2 heteroatoms. The third-order valence-electron chi connectivity index (χ3n) is 5.87. The Hall–Kier alpha value is -2.86. The molecule has 2 nitrogen and oxygen atoms in total. The molecule has 0 aliphatic carbocycles. The van der Waals surface area contributed by atoms with Gasteiger partial charge < -0.3 is 10.4 Å². The van der Waals surface area contributed by atoms with Gasteiger partial charge in [0, 0.05) is 23.1 Å². The van der Waals surface area contributed by atoms with Gasteiger partial charge in [-0.25, -0.2) is 0 Å². The lowest BCUT2D eigenvalue weighted by molar-refractivity contribution is -0.755. The monoisotopic (exact) mass is 368 g/mol. The third kappa shape index (κ3) is 3.87. The Morgan fingerprint density at radius 2 is 1.36 bits per heavy atom. The summed E-state index contributed by atoms with van der Waals surface area (Å²) >= 11 is 0. The van der Waals surface area contributed by atoms with E-state index in [1.165, 1.54) is 11.1 Å². The van der Waals surface area contributed by atoms with Crippen LogP contribution in [-0.4, -0.2) is 10.7 Å². The topological polar surface area (TPSA) is 36.8 Å². The van der Waals surface area contributed by atoms with Crippen LogP contribution in [0.15, 0.2) is 91.0 Å². The highest BCUT2D eigenvalue weighted by Crippen LogP contribution is 2.38. The summed E-state index contributed by atoms with van der Waals surface area (Å²) in [6.45, 7) is 2.12. The van der Waals surface area contributed by atoms with Crippen molar-refractivity contribution in [1.82, 2.24) is 0 Å². The van der Waals surface area contributed by atoms with Crippen molar-refractivity contribution in [3.63, 3.8) is 0 Å². The number of quaternary nitrogens is 1. The molecule has 4 atom stereocenters. The molecule has 28 heavy (non-hydrogen) atoms. The highest BCUT2D eigenvalue weighted by Gasteiger charge is 2.48. The van der Waals surface area contributed by atoms with Gasteiger partial charge >= 0.3 is 0 Å². The highest BCUT2D eigenvalue weighted by molar-refractivity contribution is 5.37. The lowest BCUT2D eigenvalue weighted by atomic mass is 9.72. The number of piperidine rings is 1. The quantitative estimate of drug-likeness (QED) is 0.662. The van der Waals surface area contributed by atoms with Gasteiger partial charge in [-0.3, -0.25) is 0 Å². The number of rotatable bonds is 2. The number of hydrogen-bond donors (Lipinski definition) is 2. The number of hydrogen-bond acceptors (Lipinski definition) is 1. The SMILES string of the molecule is C[C@H]1[C@H](c2ccccc2)[NH2+][C@H](c2ccccc2)C[C@]1(O)C#Cc1ccccc1. The molecular formula is C26H26NO+. The Balaban J connectivity index is 1.72. The van der Waals surface area contributed by atoms with Crippen LogP contribution in [0.3, 0.4) is 0 Å². The molecule has 0 radical (unpaired) electrons. The molecule has 3 aromatic rings. The summed E-state index contributed by atoms with van der Waals surface area (Å²) < 4.78 is 0. The minimum Gasteiger partial charge on any atom is -0.377 e. The first-order chi connectivity index (χ1) is 13.7. The molecule has 3 aromatic carbocycles. The van der Waals surface area contributed by atoms with E-state index in [0.717, 1.165) is 5.56 Å². The van der Waals surface area contributed by atoms with E-state index in [9.17, 15) is 5.11 Å². The van der Waals surface area contributed by atoms with Crippen molar-refractivity contribution in [2.45, 2.75) is 31.0 Å². The second kappa shape index (κ2) is 8.02. The molecule has 1 aliphatic heterocycles. The predicted molar refractivity (Wildman–Crippen MR) is 112 cm³/mol. The van der Waals surface area contributed by atoms with Gasteiger partial charge in [-0.15, -0.1) is 0 Å². The van der Waals surface area contributed by atoms with Gasteiger partial charge in [0.25, 0.3) is 0 Å². The minimum absolute atomic E-state index is 0.00562. The average molecular weight is 369 g/mol. The first-order valence-corrected chi connectivity index (χ1v) is 9.91. The van der Waals surface area contributed by atoms with Crippen molar-refractivity contribution >= 4 is 0 Å². The maximum atomic E-state index is 11.7. The van der Waals surface area contributed by atoms with Gasteiger partial charge in [0.1, 0.15) is 17.7 Å². The molecule has 0 bridgehead atoms. The van der Waals surface area contributed by atoms with E-state index in [1.54, 1.807) is 0 Å². The van der Waals surface area contributed by atoms with Gasteiger partial charge in [0.05, 0.1) is 5.92 Å². The second-order valence-electron chi connectivity index (χ2n) is 7.68. The van der Waals surface area contributed by atoms with Crippen LogP contribution in [0.1, 0.15) is 42.1 Å². The molecule has 0 aromatic heterocycles. The van der Waals surface area contributed by atoms with Gasteiger partial charge in [-0.05, 0) is 12.1 Å². The second-order valence-corrected chi connectivity index (χ2v) is 7.68. The number of benzene rings is 3. The van der Waals surface area contributed by atoms with Gasteiger partial charge in [-0.2, -0.15) is 0 Å². The fraction of sp³-hybridized carbons (Fsp3) is 0.231. The van der Waals surface area contributed by atoms with Gasteiger partial charge in [0.15, 0.2) is 0 Å². The molecule has 1 heterocycles. The van der Waals surface area contributed by atoms with Gasteiger partial charge in [0.2, 0.25) is 0 Å². The van der Waals surface area contributed by atoms with Crippen molar-refractivity contribution in [1.29, 1.82) is 0 Å². The van der Waals surface area contributed by atoms with E-state index in [-0.39, 0.29) is 18.0 Å². The molecule has 1 saturated heterocycles. The van der Waals surface area contributed by atoms with Crippen molar-refractivity contribution in [2.75, 3.05) is 0 Å². The lowest BCUT2D eigenvalue weighted by Crippen LogP contribution is -2.91. The van der Waals surface area contributed by atoms with Crippen LogP contribution in [-0.2, 0) is 0 Å². The summed E-state index contributed by atoms with van der Waals surface area (Å²) in [7, 11) is 0. The molecule has 4 rings (SSSR count). The maximum absolute atomic E-state index is 11.7. The minimum atomic E-state index is -1.05. The number of nitrogens with two attached hydrogens (primary N) is 1. The third-order valence-corrected chi connectivity index (χ3v) is 5.87. The summed E-state index contributed by atoms with van der Waals surface area (Å²) in [6.07, 6.45) is 0.612. The molecule has 3 N–H and O–H groups in total. The Labute approximate surface area is 167 Å². The molecular weight excluding hydrogens is 342 g/mol. The summed E-state index contributed by atoms with van der Waals surface area (Å²) in [4.78, 5) is 0. The van der Waals surface area contributed by atoms with Crippen LogP contribution in [0, 0.1) is 17.8 Å². The fourth-order valence-electron chi connectivity index (χ4n) is 4.17. The zero-order valence-electron chi connectivity index (χ0n) is 16.1. The van der Waals surface area contributed by atoms with Crippen LogP contribution >= 0.6 is 0 Å². The van der Waals surface area contributed by atoms with Crippen LogP contribution in [0.5, 0.6) is 0 Å². The molecule has 0 unspecified atom stereocenters. The first-order valence-electron chi connectivity index (χ1n) is 9.91. The van der Waals surface area contributed by atoms with Crippen molar-refractivity contribution in [3.05, 3.63) is 108 Å². The Bertz CT molecular complexity index is 959. The Kier molecular flexibility index (Phi) is 5.30. The van der Waals surface area contributed by atoms with Crippen LogP contribution in [0.2, 0.25) is 0 Å². The average Bonchev–Trinajstić information content (AvgIpc) is 2.76. The summed E-state index contributed by atoms with van der Waals surface area (Å²) in [5, 5.41) is 14.1. The molecule has 0 spiro atoms. The molecule has 140 valence electrons. The smallest absolute Gasteiger partial charge is 0.140 e. The largest absolute Gasteiger partial charge is 0.377 e. The highest BCUT2D eigenvalue weighted by atomic mass is 16.3. The van der Waals surface area contributed by atoms with E-state index in [4.69, 9.17) is 0 Å². The van der Waals surface area contributed by atoms with E-state index < -0.39 is 5.60 Å². The van der Waals surface area contributed by atoms with E-state index >= 15 is 0 Å². The summed E-state index contributed by atoms with van der Waals surface area (Å²) in [6, 6.07) is 31.1. The maximum Gasteiger partial charge on any atom is 0.140 e. The van der Waals surface area contributed by atoms with Crippen LogP contribution < -0.4 is 5.32 Å². The first kappa shape index (κ1) is 18.5. The molecule has 1 fully saturated rings. The zero-order valence-corrected chi connectivity index (χ0v) is 16.1. The molecule has 0 amide bonds. The van der Waals surface area contributed by atoms with Crippen LogP contribution in [0.4, 0.5) is 0 Å². The number of aliphatic hydroxyl groups is 1. The predicted octanol–water partition coefficient (Wildman–Crippen LogP) is 3.86. The lowest BCUT2D eigenvalue weighted by Gasteiger charge is -2.42. The zero-order chi connectivity index (χ0) is 19.4. The standard InChI is InChI=1S/C26H25NO/c1-20-25(23-15-9-4-10-16-23)27-24(22-13-7-3-8-14-22)19-26(20,28)18-17-21-11-5-2-6-12-21/h2-16,20,24-25,27-28H,19H2,1H3/p+1/t20-,24-,25+,26+/m0/s1. The van der Waals surface area contributed by atoms with Gasteiger partial charge in [-0.1, -0.05) is 97.6 Å². The summed E-state index contributed by atoms with van der Waals surface area (Å²) in [5.74, 6) is 6.47. The van der Waals surface area contributed by atoms with Crippen molar-refractivity contribution in [2.24, 2.45) is 5.92 Å². The van der Waals surface area contributed by atoms with E-state index in [1.807, 2.05) is 42.5 Å². The van der Waals surface area contributed by atoms with Crippen molar-refractivity contribution < 1.29 is 10.4 Å². The van der Waals surface area contributed by atoms with E-state index in [0.29, 0.717) is 6.42 Å².